The Balaban J connectivity index is 1.56. The van der Waals surface area contributed by atoms with Gasteiger partial charge in [0.25, 0.3) is 0 Å². The van der Waals surface area contributed by atoms with Gasteiger partial charge in [0, 0.05) is 20.6 Å². The molecule has 1 N–H and O–H groups in total. The normalized spacial score (nSPS) is 10.6. The molecule has 0 radical (unpaired) electrons. The second kappa shape index (κ2) is 7.63. The van der Waals surface area contributed by atoms with Gasteiger partial charge in [0.15, 0.2) is 0 Å². The van der Waals surface area contributed by atoms with Crippen LogP contribution in [0.25, 0.3) is 11.5 Å². The summed E-state index contributed by atoms with van der Waals surface area (Å²) in [5.74, 6) is 0.760. The lowest BCUT2D eigenvalue weighted by atomic mass is 10.2. The number of nitrogens with one attached hydrogen (secondary N) is 1. The Morgan fingerprint density at radius 3 is 2.71 bits per heavy atom. The maximum atomic E-state index is 12.1. The summed E-state index contributed by atoms with van der Waals surface area (Å²) in [6.45, 7) is 2.03. The summed E-state index contributed by atoms with van der Waals surface area (Å²) in [5, 5.41) is 10.4. The van der Waals surface area contributed by atoms with E-state index in [-0.39, 0.29) is 5.91 Å². The fourth-order valence-corrected chi connectivity index (χ4v) is 3.40. The van der Waals surface area contributed by atoms with Gasteiger partial charge in [0.2, 0.25) is 18.2 Å². The SMILES string of the molecule is Cc1cc(Br)ccc1SCC(=O)Nc1ccc(-c2nnco2)cc1. The van der Waals surface area contributed by atoms with E-state index in [2.05, 4.69) is 31.4 Å². The van der Waals surface area contributed by atoms with Gasteiger partial charge in [0.1, 0.15) is 0 Å². The monoisotopic (exact) mass is 403 g/mol. The van der Waals surface area contributed by atoms with Crippen molar-refractivity contribution in [2.45, 2.75) is 11.8 Å². The summed E-state index contributed by atoms with van der Waals surface area (Å²) in [7, 11) is 0. The lowest BCUT2D eigenvalue weighted by Gasteiger charge is -2.07. The van der Waals surface area contributed by atoms with Gasteiger partial charge in [-0.1, -0.05) is 15.9 Å². The molecule has 7 heteroatoms. The fraction of sp³-hybridized carbons (Fsp3) is 0.118. The molecule has 5 nitrogen and oxygen atoms in total. The highest BCUT2D eigenvalue weighted by Gasteiger charge is 2.07. The quantitative estimate of drug-likeness (QED) is 0.633. The van der Waals surface area contributed by atoms with Crippen LogP contribution in [0.15, 0.2) is 62.6 Å². The summed E-state index contributed by atoms with van der Waals surface area (Å²) in [4.78, 5) is 13.2. The summed E-state index contributed by atoms with van der Waals surface area (Å²) in [5.41, 5.74) is 2.69. The van der Waals surface area contributed by atoms with Crippen LogP contribution in [0.5, 0.6) is 0 Å². The largest absolute Gasteiger partial charge is 0.423 e. The van der Waals surface area contributed by atoms with Crippen LogP contribution in [0.1, 0.15) is 5.56 Å². The summed E-state index contributed by atoms with van der Waals surface area (Å²) in [6.07, 6.45) is 1.28. The zero-order valence-corrected chi connectivity index (χ0v) is 15.2. The van der Waals surface area contributed by atoms with Crippen molar-refractivity contribution in [3.63, 3.8) is 0 Å². The van der Waals surface area contributed by atoms with Crippen LogP contribution in [-0.2, 0) is 4.79 Å². The third-order valence-electron chi connectivity index (χ3n) is 3.27. The van der Waals surface area contributed by atoms with Crippen LogP contribution < -0.4 is 5.32 Å². The van der Waals surface area contributed by atoms with Crippen molar-refractivity contribution in [3.05, 3.63) is 58.9 Å². The summed E-state index contributed by atoms with van der Waals surface area (Å²) < 4.78 is 6.17. The van der Waals surface area contributed by atoms with E-state index < -0.39 is 0 Å². The number of hydrogen-bond donors (Lipinski definition) is 1. The lowest BCUT2D eigenvalue weighted by molar-refractivity contribution is -0.113. The Kier molecular flexibility index (Phi) is 5.32. The van der Waals surface area contributed by atoms with Crippen molar-refractivity contribution in [2.75, 3.05) is 11.1 Å². The van der Waals surface area contributed by atoms with E-state index in [4.69, 9.17) is 4.42 Å². The van der Waals surface area contributed by atoms with Crippen molar-refractivity contribution < 1.29 is 9.21 Å². The summed E-state index contributed by atoms with van der Waals surface area (Å²) in [6, 6.07) is 13.3. The minimum atomic E-state index is -0.0483. The second-order valence-electron chi connectivity index (χ2n) is 5.07. The first-order valence-electron chi connectivity index (χ1n) is 7.17. The molecule has 0 aliphatic rings. The second-order valence-corrected chi connectivity index (χ2v) is 7.00. The number of carbonyl (C=O) groups excluding carboxylic acids is 1. The van der Waals surface area contributed by atoms with E-state index in [9.17, 15) is 4.79 Å². The number of amides is 1. The predicted octanol–water partition coefficient (Wildman–Crippen LogP) is 4.54. The van der Waals surface area contributed by atoms with Gasteiger partial charge in [-0.3, -0.25) is 4.79 Å². The molecule has 1 aromatic heterocycles. The molecular weight excluding hydrogens is 390 g/mol. The minimum absolute atomic E-state index is 0.0483. The molecule has 1 heterocycles. The molecule has 0 atom stereocenters. The van der Waals surface area contributed by atoms with Crippen molar-refractivity contribution in [1.29, 1.82) is 0 Å². The van der Waals surface area contributed by atoms with E-state index in [0.29, 0.717) is 11.6 Å². The molecule has 0 saturated heterocycles. The molecule has 0 spiro atoms. The Hall–Kier alpha value is -2.12. The van der Waals surface area contributed by atoms with Crippen LogP contribution in [0.3, 0.4) is 0 Å². The number of thioether (sulfide) groups is 1. The van der Waals surface area contributed by atoms with Crippen LogP contribution in [-0.4, -0.2) is 21.9 Å². The van der Waals surface area contributed by atoms with Gasteiger partial charge in [-0.25, -0.2) is 0 Å². The van der Waals surface area contributed by atoms with Gasteiger partial charge in [-0.15, -0.1) is 22.0 Å². The zero-order valence-electron chi connectivity index (χ0n) is 12.8. The summed E-state index contributed by atoms with van der Waals surface area (Å²) >= 11 is 4.96. The molecule has 0 unspecified atom stereocenters. The van der Waals surface area contributed by atoms with Crippen molar-refractivity contribution in [3.8, 4) is 11.5 Å². The highest BCUT2D eigenvalue weighted by molar-refractivity contribution is 9.10. The standard InChI is InChI=1S/C17H14BrN3O2S/c1-11-8-13(18)4-7-15(11)24-9-16(22)20-14-5-2-12(3-6-14)17-21-19-10-23-17/h2-8,10H,9H2,1H3,(H,20,22). The molecule has 0 fully saturated rings. The first kappa shape index (κ1) is 16.7. The van der Waals surface area contributed by atoms with Gasteiger partial charge in [0.05, 0.1) is 5.75 Å². The number of benzene rings is 2. The Morgan fingerprint density at radius 2 is 2.04 bits per heavy atom. The van der Waals surface area contributed by atoms with E-state index in [1.165, 1.54) is 18.2 Å². The number of anilines is 1. The third-order valence-corrected chi connectivity index (χ3v) is 4.94. The van der Waals surface area contributed by atoms with Crippen molar-refractivity contribution in [1.82, 2.24) is 10.2 Å². The number of hydrogen-bond acceptors (Lipinski definition) is 5. The highest BCUT2D eigenvalue weighted by atomic mass is 79.9. The first-order valence-corrected chi connectivity index (χ1v) is 8.95. The van der Waals surface area contributed by atoms with Crippen LogP contribution in [0.4, 0.5) is 5.69 Å². The van der Waals surface area contributed by atoms with Gasteiger partial charge in [-0.2, -0.15) is 0 Å². The number of aryl methyl sites for hydroxylation is 1. The van der Waals surface area contributed by atoms with E-state index >= 15 is 0 Å². The van der Waals surface area contributed by atoms with Crippen molar-refractivity contribution in [2.24, 2.45) is 0 Å². The maximum Gasteiger partial charge on any atom is 0.247 e. The molecule has 0 aliphatic heterocycles. The Morgan fingerprint density at radius 1 is 1.25 bits per heavy atom. The van der Waals surface area contributed by atoms with Gasteiger partial charge < -0.3 is 9.73 Å². The fourth-order valence-electron chi connectivity index (χ4n) is 2.11. The molecule has 24 heavy (non-hydrogen) atoms. The Bertz CT molecular complexity index is 836. The number of aromatic nitrogens is 2. The number of halogens is 1. The molecule has 122 valence electrons. The topological polar surface area (TPSA) is 68.0 Å². The number of nitrogens with zero attached hydrogens (tertiary/aromatic N) is 2. The zero-order chi connectivity index (χ0) is 16.9. The molecule has 0 saturated carbocycles. The van der Waals surface area contributed by atoms with E-state index in [1.54, 1.807) is 0 Å². The highest BCUT2D eigenvalue weighted by Crippen LogP contribution is 2.25. The van der Waals surface area contributed by atoms with Crippen LogP contribution in [0, 0.1) is 6.92 Å². The molecule has 3 aromatic rings. The molecule has 1 amide bonds. The Labute approximate surface area is 152 Å². The van der Waals surface area contributed by atoms with E-state index in [0.717, 1.165) is 26.2 Å². The maximum absolute atomic E-state index is 12.1. The number of rotatable bonds is 5. The van der Waals surface area contributed by atoms with Crippen LogP contribution >= 0.6 is 27.7 Å². The van der Waals surface area contributed by atoms with Gasteiger partial charge >= 0.3 is 0 Å². The third kappa shape index (κ3) is 4.24. The molecule has 3 rings (SSSR count). The predicted molar refractivity (Wildman–Crippen MR) is 98.0 cm³/mol. The number of carbonyl (C=O) groups is 1. The average molecular weight is 404 g/mol. The first-order chi connectivity index (χ1) is 11.6. The minimum Gasteiger partial charge on any atom is -0.423 e. The molecule has 0 aliphatic carbocycles. The lowest BCUT2D eigenvalue weighted by Crippen LogP contribution is -2.13. The molecule has 0 bridgehead atoms. The molecular formula is C17H14BrN3O2S. The van der Waals surface area contributed by atoms with Crippen molar-refractivity contribution >= 4 is 39.3 Å². The smallest absolute Gasteiger partial charge is 0.247 e. The van der Waals surface area contributed by atoms with Gasteiger partial charge in [-0.05, 0) is 55.0 Å². The van der Waals surface area contributed by atoms with E-state index in [1.807, 2.05) is 49.4 Å². The molecule has 2 aromatic carbocycles. The van der Waals surface area contributed by atoms with Crippen LogP contribution in [0.2, 0.25) is 0 Å². The average Bonchev–Trinajstić information content (AvgIpc) is 3.09.